The molecule has 0 unspecified atom stereocenters. The van der Waals surface area contributed by atoms with Gasteiger partial charge in [0.2, 0.25) is 5.91 Å². The first-order valence-corrected chi connectivity index (χ1v) is 10.7. The third-order valence-electron chi connectivity index (χ3n) is 5.71. The van der Waals surface area contributed by atoms with Crippen LogP contribution in [-0.4, -0.2) is 57.8 Å². The van der Waals surface area contributed by atoms with Crippen LogP contribution in [0.15, 0.2) is 86.0 Å². The van der Waals surface area contributed by atoms with E-state index in [2.05, 4.69) is 22.6 Å². The Morgan fingerprint density at radius 3 is 2.59 bits per heavy atom. The molecular weight excluding hydrogens is 400 g/mol. The molecule has 162 valence electrons. The van der Waals surface area contributed by atoms with Crippen LogP contribution in [0.25, 0.3) is 11.1 Å². The van der Waals surface area contributed by atoms with Crippen LogP contribution in [0, 0.1) is 5.92 Å². The molecule has 2 aromatic heterocycles. The van der Waals surface area contributed by atoms with E-state index in [-0.39, 0.29) is 17.7 Å². The average molecular weight is 427 g/mol. The predicted molar refractivity (Wildman–Crippen MR) is 124 cm³/mol. The van der Waals surface area contributed by atoms with Gasteiger partial charge in [0, 0.05) is 56.5 Å². The van der Waals surface area contributed by atoms with Crippen LogP contribution >= 0.6 is 0 Å². The molecule has 1 atom stereocenters. The van der Waals surface area contributed by atoms with E-state index in [4.69, 9.17) is 0 Å². The van der Waals surface area contributed by atoms with Gasteiger partial charge in [-0.15, -0.1) is 6.58 Å². The standard InChI is InChI=1S/C26H26N4O2/c1-2-13-29-14-15-30(25(31)21-8-11-27-12-9-21)19-24(26(29)32)17-20-5-3-6-22(16-20)23-7-4-10-28-18-23/h2-12,16,18,24H,1,13-15,17,19H2/t24-/m1/s1. The van der Waals surface area contributed by atoms with Crippen molar-refractivity contribution in [1.29, 1.82) is 0 Å². The van der Waals surface area contributed by atoms with Crippen molar-refractivity contribution in [2.45, 2.75) is 6.42 Å². The highest BCUT2D eigenvalue weighted by molar-refractivity contribution is 5.94. The molecule has 0 N–H and O–H groups in total. The lowest BCUT2D eigenvalue weighted by molar-refractivity contribution is -0.134. The number of benzene rings is 1. The Labute approximate surface area is 188 Å². The number of pyridine rings is 2. The van der Waals surface area contributed by atoms with Gasteiger partial charge in [-0.1, -0.05) is 36.4 Å². The summed E-state index contributed by atoms with van der Waals surface area (Å²) in [7, 11) is 0. The Hall–Kier alpha value is -3.80. The maximum Gasteiger partial charge on any atom is 0.254 e. The first-order valence-electron chi connectivity index (χ1n) is 10.7. The van der Waals surface area contributed by atoms with Gasteiger partial charge >= 0.3 is 0 Å². The third kappa shape index (κ3) is 4.91. The molecule has 1 saturated heterocycles. The highest BCUT2D eigenvalue weighted by Gasteiger charge is 2.32. The van der Waals surface area contributed by atoms with E-state index in [9.17, 15) is 9.59 Å². The fraction of sp³-hybridized carbons (Fsp3) is 0.231. The Bertz CT molecular complexity index is 1090. The van der Waals surface area contributed by atoms with Gasteiger partial charge in [0.1, 0.15) is 0 Å². The minimum atomic E-state index is -0.326. The molecule has 2 amide bonds. The van der Waals surface area contributed by atoms with Gasteiger partial charge in [-0.3, -0.25) is 19.6 Å². The molecule has 1 fully saturated rings. The predicted octanol–water partition coefficient (Wildman–Crippen LogP) is 3.47. The van der Waals surface area contributed by atoms with Crippen LogP contribution in [0.4, 0.5) is 0 Å². The van der Waals surface area contributed by atoms with Gasteiger partial charge in [-0.2, -0.15) is 0 Å². The lowest BCUT2D eigenvalue weighted by Crippen LogP contribution is -2.38. The van der Waals surface area contributed by atoms with E-state index in [1.54, 1.807) is 46.6 Å². The van der Waals surface area contributed by atoms with E-state index in [0.29, 0.717) is 38.2 Å². The number of aromatic nitrogens is 2. The van der Waals surface area contributed by atoms with Crippen LogP contribution in [0.3, 0.4) is 0 Å². The molecule has 0 spiro atoms. The number of hydrogen-bond donors (Lipinski definition) is 0. The number of carbonyl (C=O) groups excluding carboxylic acids is 2. The summed E-state index contributed by atoms with van der Waals surface area (Å²) in [6, 6.07) is 15.5. The van der Waals surface area contributed by atoms with Gasteiger partial charge in [0.15, 0.2) is 0 Å². The number of nitrogens with zero attached hydrogens (tertiary/aromatic N) is 4. The highest BCUT2D eigenvalue weighted by Crippen LogP contribution is 2.23. The monoisotopic (exact) mass is 426 g/mol. The molecule has 1 aliphatic heterocycles. The lowest BCUT2D eigenvalue weighted by atomic mass is 9.95. The Balaban J connectivity index is 1.59. The minimum Gasteiger partial charge on any atom is -0.337 e. The van der Waals surface area contributed by atoms with Crippen LogP contribution in [0.5, 0.6) is 0 Å². The summed E-state index contributed by atoms with van der Waals surface area (Å²) in [4.78, 5) is 38.2. The Kier molecular flexibility index (Phi) is 6.70. The van der Waals surface area contributed by atoms with E-state index in [0.717, 1.165) is 16.7 Å². The topological polar surface area (TPSA) is 66.4 Å². The van der Waals surface area contributed by atoms with E-state index < -0.39 is 0 Å². The van der Waals surface area contributed by atoms with Gasteiger partial charge < -0.3 is 9.80 Å². The van der Waals surface area contributed by atoms with Gasteiger partial charge in [0.05, 0.1) is 5.92 Å². The van der Waals surface area contributed by atoms with Crippen molar-refractivity contribution in [2.75, 3.05) is 26.2 Å². The third-order valence-corrected chi connectivity index (χ3v) is 5.71. The van der Waals surface area contributed by atoms with Crippen molar-refractivity contribution in [3.05, 3.63) is 97.1 Å². The number of carbonyl (C=O) groups is 2. The quantitative estimate of drug-likeness (QED) is 0.566. The van der Waals surface area contributed by atoms with Gasteiger partial charge in [0.25, 0.3) is 5.91 Å². The Morgan fingerprint density at radius 2 is 1.84 bits per heavy atom. The fourth-order valence-corrected chi connectivity index (χ4v) is 4.09. The van der Waals surface area contributed by atoms with E-state index >= 15 is 0 Å². The molecule has 3 aromatic rings. The summed E-state index contributed by atoms with van der Waals surface area (Å²) in [5.41, 5.74) is 3.73. The van der Waals surface area contributed by atoms with Crippen LogP contribution in [0.2, 0.25) is 0 Å². The van der Waals surface area contributed by atoms with Crippen molar-refractivity contribution in [1.82, 2.24) is 19.8 Å². The van der Waals surface area contributed by atoms with Crippen molar-refractivity contribution in [3.8, 4) is 11.1 Å². The smallest absolute Gasteiger partial charge is 0.254 e. The first kappa shape index (κ1) is 21.4. The van der Waals surface area contributed by atoms with Crippen LogP contribution < -0.4 is 0 Å². The summed E-state index contributed by atoms with van der Waals surface area (Å²) in [5, 5.41) is 0. The largest absolute Gasteiger partial charge is 0.337 e. The zero-order valence-electron chi connectivity index (χ0n) is 17.9. The van der Waals surface area contributed by atoms with Gasteiger partial charge in [-0.25, -0.2) is 0 Å². The maximum absolute atomic E-state index is 13.3. The van der Waals surface area contributed by atoms with Crippen molar-refractivity contribution < 1.29 is 9.59 Å². The summed E-state index contributed by atoms with van der Waals surface area (Å²) in [6.07, 6.45) is 9.10. The van der Waals surface area contributed by atoms with Crippen molar-refractivity contribution >= 4 is 11.8 Å². The second-order valence-electron chi connectivity index (χ2n) is 7.90. The molecule has 32 heavy (non-hydrogen) atoms. The second-order valence-corrected chi connectivity index (χ2v) is 7.90. The summed E-state index contributed by atoms with van der Waals surface area (Å²) in [5.74, 6) is -0.344. The van der Waals surface area contributed by atoms with Crippen LogP contribution in [0.1, 0.15) is 15.9 Å². The number of rotatable bonds is 6. The zero-order chi connectivity index (χ0) is 22.3. The molecule has 1 aliphatic rings. The van der Waals surface area contributed by atoms with E-state index in [1.807, 2.05) is 36.5 Å². The van der Waals surface area contributed by atoms with E-state index in [1.165, 1.54) is 0 Å². The molecule has 6 heteroatoms. The number of hydrogen-bond acceptors (Lipinski definition) is 4. The van der Waals surface area contributed by atoms with Crippen molar-refractivity contribution in [2.24, 2.45) is 5.92 Å². The second kappa shape index (κ2) is 10.0. The molecular formula is C26H26N4O2. The molecule has 6 nitrogen and oxygen atoms in total. The first-order chi connectivity index (χ1) is 15.7. The molecule has 0 saturated carbocycles. The molecule has 4 rings (SSSR count). The molecule has 3 heterocycles. The normalized spacial score (nSPS) is 16.5. The molecule has 0 radical (unpaired) electrons. The van der Waals surface area contributed by atoms with Gasteiger partial charge in [-0.05, 0) is 41.3 Å². The Morgan fingerprint density at radius 1 is 1.03 bits per heavy atom. The van der Waals surface area contributed by atoms with Crippen LogP contribution in [-0.2, 0) is 11.2 Å². The van der Waals surface area contributed by atoms with Crippen molar-refractivity contribution in [3.63, 3.8) is 0 Å². The average Bonchev–Trinajstić information content (AvgIpc) is 2.99. The summed E-state index contributed by atoms with van der Waals surface area (Å²) in [6.45, 7) is 5.63. The molecule has 0 aliphatic carbocycles. The summed E-state index contributed by atoms with van der Waals surface area (Å²) >= 11 is 0. The number of amides is 2. The highest BCUT2D eigenvalue weighted by atomic mass is 16.2. The zero-order valence-corrected chi connectivity index (χ0v) is 17.9. The fourth-order valence-electron chi connectivity index (χ4n) is 4.09. The molecule has 1 aromatic carbocycles. The minimum absolute atomic E-state index is 0.0571. The summed E-state index contributed by atoms with van der Waals surface area (Å²) < 4.78 is 0. The maximum atomic E-state index is 13.3. The SMILES string of the molecule is C=CCN1CCN(C(=O)c2ccncc2)C[C@@H](Cc2cccc(-c3cccnc3)c2)C1=O. The molecule has 0 bridgehead atoms. The lowest BCUT2D eigenvalue weighted by Gasteiger charge is -2.24.